The molecular weight excluding hydrogens is 409 g/mol. The second-order valence-corrected chi connectivity index (χ2v) is 7.71. The van der Waals surface area contributed by atoms with Crippen molar-refractivity contribution in [2.75, 3.05) is 10.6 Å². The predicted octanol–water partition coefficient (Wildman–Crippen LogP) is 5.99. The van der Waals surface area contributed by atoms with Crippen molar-refractivity contribution in [3.8, 4) is 0 Å². The van der Waals surface area contributed by atoms with E-state index in [1.54, 1.807) is 10.7 Å². The fraction of sp³-hybridized carbons (Fsp3) is 0.273. The number of benzene rings is 2. The molecule has 8 heteroatoms. The molecule has 4 nitrogen and oxygen atoms in total. The van der Waals surface area contributed by atoms with Crippen molar-refractivity contribution < 1.29 is 13.2 Å². The average Bonchev–Trinajstić information content (AvgIpc) is 2.91. The number of alkyl halides is 3. The molecule has 0 fully saturated rings. The van der Waals surface area contributed by atoms with Crippen LogP contribution >= 0.6 is 12.2 Å². The lowest BCUT2D eigenvalue weighted by atomic mass is 10.1. The Labute approximate surface area is 179 Å². The van der Waals surface area contributed by atoms with Crippen molar-refractivity contribution in [3.63, 3.8) is 0 Å². The zero-order valence-corrected chi connectivity index (χ0v) is 18.0. The molecule has 0 unspecified atom stereocenters. The van der Waals surface area contributed by atoms with Crippen LogP contribution in [-0.4, -0.2) is 14.9 Å². The lowest BCUT2D eigenvalue weighted by molar-refractivity contribution is -0.137. The lowest BCUT2D eigenvalue weighted by Crippen LogP contribution is -2.20. The van der Waals surface area contributed by atoms with E-state index in [9.17, 15) is 13.2 Å². The molecule has 0 bridgehead atoms. The van der Waals surface area contributed by atoms with Crippen molar-refractivity contribution in [2.24, 2.45) is 0 Å². The molecule has 3 aromatic rings. The number of hydrogen-bond donors (Lipinski definition) is 2. The number of halogens is 3. The number of hydrogen-bond acceptors (Lipinski definition) is 2. The van der Waals surface area contributed by atoms with Crippen LogP contribution in [0.2, 0.25) is 0 Å². The van der Waals surface area contributed by atoms with Gasteiger partial charge < -0.3 is 10.6 Å². The molecule has 0 saturated carbocycles. The summed E-state index contributed by atoms with van der Waals surface area (Å²) in [5.41, 5.74) is 5.20. The van der Waals surface area contributed by atoms with Gasteiger partial charge in [0, 0.05) is 5.69 Å². The topological polar surface area (TPSA) is 41.9 Å². The Morgan fingerprint density at radius 3 is 2.47 bits per heavy atom. The Kier molecular flexibility index (Phi) is 6.17. The zero-order chi connectivity index (χ0) is 22.1. The molecule has 0 aliphatic heterocycles. The molecule has 0 atom stereocenters. The highest BCUT2D eigenvalue weighted by atomic mass is 32.1. The van der Waals surface area contributed by atoms with E-state index < -0.39 is 11.7 Å². The summed E-state index contributed by atoms with van der Waals surface area (Å²) < 4.78 is 40.6. The maximum atomic E-state index is 13.0. The van der Waals surface area contributed by atoms with Crippen LogP contribution in [0.5, 0.6) is 0 Å². The van der Waals surface area contributed by atoms with Crippen LogP contribution in [-0.2, 0) is 12.7 Å². The van der Waals surface area contributed by atoms with Gasteiger partial charge in [-0.15, -0.1) is 0 Å². The van der Waals surface area contributed by atoms with Crippen molar-refractivity contribution in [1.82, 2.24) is 9.78 Å². The molecule has 0 spiro atoms. The molecule has 1 heterocycles. The largest absolute Gasteiger partial charge is 0.416 e. The van der Waals surface area contributed by atoms with E-state index in [0.717, 1.165) is 40.3 Å². The number of nitrogens with one attached hydrogen (secondary N) is 2. The Bertz CT molecular complexity index is 1090. The fourth-order valence-corrected chi connectivity index (χ4v) is 3.40. The van der Waals surface area contributed by atoms with E-state index >= 15 is 0 Å². The van der Waals surface area contributed by atoms with Crippen LogP contribution < -0.4 is 10.6 Å². The van der Waals surface area contributed by atoms with E-state index in [2.05, 4.69) is 15.7 Å². The summed E-state index contributed by atoms with van der Waals surface area (Å²) in [6.07, 6.45) is -4.37. The van der Waals surface area contributed by atoms with Gasteiger partial charge in [-0.2, -0.15) is 18.3 Å². The molecule has 0 aliphatic rings. The van der Waals surface area contributed by atoms with Gasteiger partial charge in [-0.05, 0) is 74.8 Å². The Hall–Kier alpha value is -2.87. The van der Waals surface area contributed by atoms with Gasteiger partial charge in [0.2, 0.25) is 0 Å². The highest BCUT2D eigenvalue weighted by Gasteiger charge is 2.30. The molecular formula is C22H23F3N4S. The van der Waals surface area contributed by atoms with Gasteiger partial charge in [-0.1, -0.05) is 24.3 Å². The number of nitrogens with zero attached hydrogens (tertiary/aromatic N) is 2. The first kappa shape index (κ1) is 21.8. The summed E-state index contributed by atoms with van der Waals surface area (Å²) in [6.45, 7) is 7.92. The number of aryl methyl sites for hydroxylation is 3. The fourth-order valence-electron chi connectivity index (χ4n) is 3.19. The Morgan fingerprint density at radius 2 is 1.77 bits per heavy atom. The van der Waals surface area contributed by atoms with Crippen molar-refractivity contribution in [2.45, 2.75) is 40.4 Å². The number of anilines is 2. The van der Waals surface area contributed by atoms with Gasteiger partial charge in [-0.25, -0.2) is 0 Å². The van der Waals surface area contributed by atoms with E-state index in [-0.39, 0.29) is 6.54 Å². The highest BCUT2D eigenvalue weighted by Crippen LogP contribution is 2.30. The molecule has 0 radical (unpaired) electrons. The van der Waals surface area contributed by atoms with E-state index in [4.69, 9.17) is 12.2 Å². The quantitative estimate of drug-likeness (QED) is 0.497. The Morgan fingerprint density at radius 1 is 1.03 bits per heavy atom. The maximum absolute atomic E-state index is 13.0. The maximum Gasteiger partial charge on any atom is 0.416 e. The molecule has 3 rings (SSSR count). The van der Waals surface area contributed by atoms with Gasteiger partial charge >= 0.3 is 6.18 Å². The molecule has 2 N–H and O–H groups in total. The van der Waals surface area contributed by atoms with Crippen LogP contribution in [0.1, 0.15) is 33.6 Å². The minimum absolute atomic E-state index is 0.232. The van der Waals surface area contributed by atoms with Crippen molar-refractivity contribution in [3.05, 3.63) is 76.1 Å². The van der Waals surface area contributed by atoms with Crippen LogP contribution in [0.25, 0.3) is 0 Å². The number of rotatable bonds is 4. The van der Waals surface area contributed by atoms with Crippen LogP contribution in [0.3, 0.4) is 0 Å². The summed E-state index contributed by atoms with van der Waals surface area (Å²) in [5.74, 6) is 0. The molecule has 158 valence electrons. The van der Waals surface area contributed by atoms with Gasteiger partial charge in [0.05, 0.1) is 29.2 Å². The molecule has 0 amide bonds. The minimum atomic E-state index is -4.37. The minimum Gasteiger partial charge on any atom is -0.332 e. The first-order chi connectivity index (χ1) is 14.0. The third-order valence-electron chi connectivity index (χ3n) is 4.85. The Balaban J connectivity index is 1.77. The normalized spacial score (nSPS) is 11.4. The summed E-state index contributed by atoms with van der Waals surface area (Å²) in [4.78, 5) is 0. The summed E-state index contributed by atoms with van der Waals surface area (Å²) >= 11 is 5.45. The second-order valence-electron chi connectivity index (χ2n) is 7.30. The third kappa shape index (κ3) is 4.99. The zero-order valence-electron chi connectivity index (χ0n) is 17.2. The van der Waals surface area contributed by atoms with Crippen molar-refractivity contribution >= 4 is 28.7 Å². The molecule has 30 heavy (non-hydrogen) atoms. The monoisotopic (exact) mass is 432 g/mol. The molecule has 2 aromatic carbocycles. The predicted molar refractivity (Wildman–Crippen MR) is 118 cm³/mol. The average molecular weight is 433 g/mol. The van der Waals surface area contributed by atoms with Gasteiger partial charge in [0.15, 0.2) is 5.11 Å². The highest BCUT2D eigenvalue weighted by molar-refractivity contribution is 7.80. The van der Waals surface area contributed by atoms with Crippen molar-refractivity contribution in [1.29, 1.82) is 0 Å². The number of aromatic nitrogens is 2. The first-order valence-corrected chi connectivity index (χ1v) is 9.81. The summed E-state index contributed by atoms with van der Waals surface area (Å²) in [7, 11) is 0. The number of thiocarbonyl (C=S) groups is 1. The molecule has 0 saturated heterocycles. The van der Waals surface area contributed by atoms with E-state index in [1.807, 2.05) is 45.9 Å². The second kappa shape index (κ2) is 8.47. The van der Waals surface area contributed by atoms with Crippen LogP contribution in [0, 0.1) is 27.7 Å². The summed E-state index contributed by atoms with van der Waals surface area (Å²) in [5, 5.41) is 11.3. The van der Waals surface area contributed by atoms with Gasteiger partial charge in [0.25, 0.3) is 0 Å². The standard InChI is InChI=1S/C22H23F3N4S/c1-13-8-9-14(2)19(10-13)26-21(30)27-20-15(3)28-29(16(20)4)12-17-6-5-7-18(11-17)22(23,24)25/h5-11H,12H2,1-4H3,(H2,26,27,30). The van der Waals surface area contributed by atoms with Gasteiger partial charge in [0.1, 0.15) is 0 Å². The SMILES string of the molecule is Cc1ccc(C)c(NC(=S)Nc2c(C)nn(Cc3cccc(C(F)(F)F)c3)c2C)c1. The summed E-state index contributed by atoms with van der Waals surface area (Å²) in [6, 6.07) is 11.3. The van der Waals surface area contributed by atoms with Crippen LogP contribution in [0.4, 0.5) is 24.5 Å². The van der Waals surface area contributed by atoms with Gasteiger partial charge in [-0.3, -0.25) is 4.68 Å². The molecule has 0 aliphatic carbocycles. The van der Waals surface area contributed by atoms with E-state index in [1.165, 1.54) is 6.07 Å². The molecule has 1 aromatic heterocycles. The third-order valence-corrected chi connectivity index (χ3v) is 5.05. The van der Waals surface area contributed by atoms with Crippen LogP contribution in [0.15, 0.2) is 42.5 Å². The smallest absolute Gasteiger partial charge is 0.332 e. The lowest BCUT2D eigenvalue weighted by Gasteiger charge is -2.14. The first-order valence-electron chi connectivity index (χ1n) is 9.40. The van der Waals surface area contributed by atoms with E-state index in [0.29, 0.717) is 16.4 Å².